The second-order valence-corrected chi connectivity index (χ2v) is 5.85. The second kappa shape index (κ2) is 5.71. The monoisotopic (exact) mass is 290 g/mol. The van der Waals surface area contributed by atoms with Crippen LogP contribution in [0.1, 0.15) is 32.8 Å². The summed E-state index contributed by atoms with van der Waals surface area (Å²) in [5, 5.41) is 0.495. The molecule has 0 saturated heterocycles. The highest BCUT2D eigenvalue weighted by Crippen LogP contribution is 2.31. The number of halogens is 1. The maximum absolute atomic E-state index is 5.82. The zero-order valence-electron chi connectivity index (χ0n) is 12.0. The van der Waals surface area contributed by atoms with Gasteiger partial charge in [-0.25, -0.2) is 4.98 Å². The minimum Gasteiger partial charge on any atom is -0.437 e. The highest BCUT2D eigenvalue weighted by molar-refractivity contribution is 6.30. The van der Waals surface area contributed by atoms with Crippen molar-refractivity contribution in [2.24, 2.45) is 0 Å². The van der Waals surface area contributed by atoms with E-state index in [0.717, 1.165) is 6.42 Å². The summed E-state index contributed by atoms with van der Waals surface area (Å²) in [4.78, 5) is 4.08. The standard InChI is InChI=1S/C16H19ClN2O/c1-4-16(2,3)11-5-7-13(8-6-11)20-15-14(18)9-12(17)10-19-15/h5-10H,4,18H2,1-3H3. The molecule has 0 aliphatic heterocycles. The minimum atomic E-state index is 0.163. The molecule has 2 rings (SSSR count). The van der Waals surface area contributed by atoms with Crippen LogP contribution in [0.3, 0.4) is 0 Å². The van der Waals surface area contributed by atoms with Gasteiger partial charge in [0.15, 0.2) is 0 Å². The molecule has 106 valence electrons. The average molecular weight is 291 g/mol. The quantitative estimate of drug-likeness (QED) is 0.880. The van der Waals surface area contributed by atoms with E-state index in [1.54, 1.807) is 6.07 Å². The van der Waals surface area contributed by atoms with Crippen LogP contribution in [0.5, 0.6) is 11.6 Å². The van der Waals surface area contributed by atoms with Crippen molar-refractivity contribution in [3.8, 4) is 11.6 Å². The van der Waals surface area contributed by atoms with Crippen LogP contribution >= 0.6 is 11.6 Å². The first-order valence-electron chi connectivity index (χ1n) is 6.62. The van der Waals surface area contributed by atoms with Gasteiger partial charge in [0.25, 0.3) is 0 Å². The molecule has 1 heterocycles. The van der Waals surface area contributed by atoms with Crippen LogP contribution in [-0.4, -0.2) is 4.98 Å². The smallest absolute Gasteiger partial charge is 0.242 e. The van der Waals surface area contributed by atoms with Gasteiger partial charge < -0.3 is 10.5 Å². The van der Waals surface area contributed by atoms with Crippen molar-refractivity contribution in [3.63, 3.8) is 0 Å². The lowest BCUT2D eigenvalue weighted by Crippen LogP contribution is -2.14. The lowest BCUT2D eigenvalue weighted by molar-refractivity contribution is 0.463. The Balaban J connectivity index is 2.19. The predicted octanol–water partition coefficient (Wildman–Crippen LogP) is 4.80. The van der Waals surface area contributed by atoms with Crippen LogP contribution in [0.2, 0.25) is 5.02 Å². The first kappa shape index (κ1) is 14.7. The van der Waals surface area contributed by atoms with Gasteiger partial charge in [-0.15, -0.1) is 0 Å². The van der Waals surface area contributed by atoms with Crippen molar-refractivity contribution in [1.82, 2.24) is 4.98 Å². The second-order valence-electron chi connectivity index (χ2n) is 5.41. The third-order valence-electron chi connectivity index (χ3n) is 3.58. The summed E-state index contributed by atoms with van der Waals surface area (Å²) < 4.78 is 5.67. The predicted molar refractivity (Wildman–Crippen MR) is 83.5 cm³/mol. The number of benzene rings is 1. The molecule has 0 fully saturated rings. The number of nitrogens with zero attached hydrogens (tertiary/aromatic N) is 1. The molecule has 0 aliphatic rings. The van der Waals surface area contributed by atoms with E-state index in [-0.39, 0.29) is 5.41 Å². The summed E-state index contributed by atoms with van der Waals surface area (Å²) >= 11 is 5.81. The first-order valence-corrected chi connectivity index (χ1v) is 6.99. The molecular weight excluding hydrogens is 272 g/mol. The fraction of sp³-hybridized carbons (Fsp3) is 0.312. The molecule has 3 nitrogen and oxygen atoms in total. The van der Waals surface area contributed by atoms with Gasteiger partial charge in [-0.3, -0.25) is 0 Å². The third-order valence-corrected chi connectivity index (χ3v) is 3.79. The molecule has 1 aromatic heterocycles. The van der Waals surface area contributed by atoms with E-state index >= 15 is 0 Å². The fourth-order valence-electron chi connectivity index (χ4n) is 1.82. The summed E-state index contributed by atoms with van der Waals surface area (Å²) in [6.45, 7) is 6.63. The summed E-state index contributed by atoms with van der Waals surface area (Å²) in [6.07, 6.45) is 2.60. The van der Waals surface area contributed by atoms with Gasteiger partial charge in [0.2, 0.25) is 5.88 Å². The number of rotatable bonds is 4. The molecule has 0 saturated carbocycles. The Hall–Kier alpha value is -1.74. The van der Waals surface area contributed by atoms with Crippen LogP contribution in [0.25, 0.3) is 0 Å². The van der Waals surface area contributed by atoms with Gasteiger partial charge in [-0.1, -0.05) is 44.5 Å². The first-order chi connectivity index (χ1) is 9.42. The van der Waals surface area contributed by atoms with Gasteiger partial charge >= 0.3 is 0 Å². The number of hydrogen-bond donors (Lipinski definition) is 1. The molecular formula is C16H19ClN2O. The SMILES string of the molecule is CCC(C)(C)c1ccc(Oc2ncc(Cl)cc2N)cc1. The van der Waals surface area contributed by atoms with Crippen molar-refractivity contribution < 1.29 is 4.74 Å². The molecule has 2 N–H and O–H groups in total. The van der Waals surface area contributed by atoms with Crippen molar-refractivity contribution in [3.05, 3.63) is 47.1 Å². The van der Waals surface area contributed by atoms with Crippen molar-refractivity contribution in [2.75, 3.05) is 5.73 Å². The molecule has 0 bridgehead atoms. The van der Waals surface area contributed by atoms with E-state index < -0.39 is 0 Å². The van der Waals surface area contributed by atoms with Crippen molar-refractivity contribution >= 4 is 17.3 Å². The van der Waals surface area contributed by atoms with Crippen molar-refractivity contribution in [1.29, 1.82) is 0 Å². The topological polar surface area (TPSA) is 48.1 Å². The molecule has 0 amide bonds. The summed E-state index contributed by atoms with van der Waals surface area (Å²) in [5.41, 5.74) is 7.69. The van der Waals surface area contributed by atoms with Crippen LogP contribution in [-0.2, 0) is 5.41 Å². The highest BCUT2D eigenvalue weighted by atomic mass is 35.5. The lowest BCUT2D eigenvalue weighted by Gasteiger charge is -2.23. The van der Waals surface area contributed by atoms with E-state index in [1.807, 2.05) is 12.1 Å². The lowest BCUT2D eigenvalue weighted by atomic mass is 9.82. The number of anilines is 1. The largest absolute Gasteiger partial charge is 0.437 e. The molecule has 0 spiro atoms. The van der Waals surface area contributed by atoms with E-state index in [1.165, 1.54) is 11.8 Å². The van der Waals surface area contributed by atoms with E-state index in [0.29, 0.717) is 22.3 Å². The Kier molecular flexibility index (Phi) is 4.19. The van der Waals surface area contributed by atoms with Gasteiger partial charge in [0, 0.05) is 6.20 Å². The molecule has 1 aromatic carbocycles. The maximum Gasteiger partial charge on any atom is 0.242 e. The molecule has 2 aromatic rings. The zero-order valence-corrected chi connectivity index (χ0v) is 12.7. The Labute approximate surface area is 124 Å². The van der Waals surface area contributed by atoms with Crippen LogP contribution in [0.15, 0.2) is 36.5 Å². The fourth-order valence-corrected chi connectivity index (χ4v) is 1.98. The van der Waals surface area contributed by atoms with Gasteiger partial charge in [-0.2, -0.15) is 0 Å². The van der Waals surface area contributed by atoms with E-state index in [9.17, 15) is 0 Å². The van der Waals surface area contributed by atoms with Crippen molar-refractivity contribution in [2.45, 2.75) is 32.6 Å². The van der Waals surface area contributed by atoms with Gasteiger partial charge in [0.1, 0.15) is 5.75 Å². The normalized spacial score (nSPS) is 11.4. The third kappa shape index (κ3) is 3.23. The summed E-state index contributed by atoms with van der Waals surface area (Å²) in [7, 11) is 0. The molecule has 0 aliphatic carbocycles. The number of aromatic nitrogens is 1. The number of pyridine rings is 1. The Morgan fingerprint density at radius 2 is 1.90 bits per heavy atom. The minimum absolute atomic E-state index is 0.163. The number of hydrogen-bond acceptors (Lipinski definition) is 3. The van der Waals surface area contributed by atoms with Gasteiger partial charge in [-0.05, 0) is 35.6 Å². The molecule has 0 radical (unpaired) electrons. The molecule has 20 heavy (non-hydrogen) atoms. The summed E-state index contributed by atoms with van der Waals surface area (Å²) in [6, 6.07) is 9.64. The Morgan fingerprint density at radius 1 is 1.25 bits per heavy atom. The Morgan fingerprint density at radius 3 is 2.45 bits per heavy atom. The van der Waals surface area contributed by atoms with E-state index in [4.69, 9.17) is 22.1 Å². The van der Waals surface area contributed by atoms with Gasteiger partial charge in [0.05, 0.1) is 10.7 Å². The molecule has 4 heteroatoms. The average Bonchev–Trinajstić information content (AvgIpc) is 2.42. The van der Waals surface area contributed by atoms with Crippen LogP contribution in [0.4, 0.5) is 5.69 Å². The number of nitrogen functional groups attached to an aromatic ring is 1. The Bertz CT molecular complexity index is 594. The number of ether oxygens (including phenoxy) is 1. The van der Waals surface area contributed by atoms with Crippen LogP contribution < -0.4 is 10.5 Å². The molecule has 0 unspecified atom stereocenters. The van der Waals surface area contributed by atoms with E-state index in [2.05, 4.69) is 37.9 Å². The zero-order chi connectivity index (χ0) is 14.8. The highest BCUT2D eigenvalue weighted by Gasteiger charge is 2.17. The van der Waals surface area contributed by atoms with Crippen LogP contribution in [0, 0.1) is 0 Å². The molecule has 0 atom stereocenters. The maximum atomic E-state index is 5.82. The summed E-state index contributed by atoms with van der Waals surface area (Å²) in [5.74, 6) is 1.08. The number of nitrogens with two attached hydrogens (primary N) is 1.